The minimum atomic E-state index is 0.119. The number of aldehydes is 1. The van der Waals surface area contributed by atoms with Crippen molar-refractivity contribution in [1.29, 1.82) is 0 Å². The molecular formula is C13H18O4. The molecule has 0 N–H and O–H groups in total. The van der Waals surface area contributed by atoms with Gasteiger partial charge in [-0.15, -0.1) is 0 Å². The molecule has 17 heavy (non-hydrogen) atoms. The lowest BCUT2D eigenvalue weighted by Crippen LogP contribution is -2.09. The Kier molecular flexibility index (Phi) is 5.66. The lowest BCUT2D eigenvalue weighted by Gasteiger charge is -2.12. The number of hydrogen-bond acceptors (Lipinski definition) is 4. The van der Waals surface area contributed by atoms with Crippen LogP contribution >= 0.6 is 0 Å². The fourth-order valence-corrected chi connectivity index (χ4v) is 1.57. The quantitative estimate of drug-likeness (QED) is 0.414. The van der Waals surface area contributed by atoms with Crippen LogP contribution in [0.25, 0.3) is 0 Å². The Morgan fingerprint density at radius 1 is 1.24 bits per heavy atom. The van der Waals surface area contributed by atoms with E-state index in [1.807, 2.05) is 19.9 Å². The van der Waals surface area contributed by atoms with E-state index in [0.29, 0.717) is 24.5 Å². The van der Waals surface area contributed by atoms with E-state index in [2.05, 4.69) is 0 Å². The first-order valence-electron chi connectivity index (χ1n) is 5.45. The summed E-state index contributed by atoms with van der Waals surface area (Å²) in [6.45, 7) is 4.96. The van der Waals surface area contributed by atoms with E-state index < -0.39 is 0 Å². The molecule has 0 aliphatic heterocycles. The van der Waals surface area contributed by atoms with Gasteiger partial charge in [0.15, 0.2) is 13.1 Å². The number of carbonyl (C=O) groups excluding carboxylic acids is 1. The Labute approximate surface area is 101 Å². The van der Waals surface area contributed by atoms with Gasteiger partial charge in [0.05, 0.1) is 18.8 Å². The first-order valence-corrected chi connectivity index (χ1v) is 5.45. The Hall–Kier alpha value is -1.39. The highest BCUT2D eigenvalue weighted by Gasteiger charge is 2.07. The maximum Gasteiger partial charge on any atom is 0.189 e. The minimum absolute atomic E-state index is 0.119. The molecule has 0 aliphatic rings. The molecule has 0 bridgehead atoms. The summed E-state index contributed by atoms with van der Waals surface area (Å²) < 4.78 is 15.5. The highest BCUT2D eigenvalue weighted by molar-refractivity contribution is 5.80. The molecule has 0 unspecified atom stereocenters. The molecule has 0 heterocycles. The Balaban J connectivity index is 2.60. The minimum Gasteiger partial charge on any atom is -0.467 e. The third-order valence-corrected chi connectivity index (χ3v) is 2.29. The summed E-state index contributed by atoms with van der Waals surface area (Å²) in [6.07, 6.45) is 0.796. The number of benzene rings is 1. The maximum atomic E-state index is 10.9. The SMILES string of the molecule is COCCOCOc1c(C)cc(C)cc1C=O. The molecule has 0 fully saturated rings. The molecule has 0 saturated heterocycles. The van der Waals surface area contributed by atoms with E-state index in [1.54, 1.807) is 13.2 Å². The van der Waals surface area contributed by atoms with Crippen molar-refractivity contribution in [3.8, 4) is 5.75 Å². The van der Waals surface area contributed by atoms with Crippen LogP contribution in [0.2, 0.25) is 0 Å². The van der Waals surface area contributed by atoms with Gasteiger partial charge in [0, 0.05) is 7.11 Å². The zero-order valence-corrected chi connectivity index (χ0v) is 10.5. The molecule has 1 aromatic rings. The van der Waals surface area contributed by atoms with Crippen LogP contribution in [-0.2, 0) is 9.47 Å². The van der Waals surface area contributed by atoms with E-state index in [0.717, 1.165) is 17.4 Å². The molecule has 4 nitrogen and oxygen atoms in total. The van der Waals surface area contributed by atoms with Gasteiger partial charge in [0.2, 0.25) is 0 Å². The average molecular weight is 238 g/mol. The number of aryl methyl sites for hydroxylation is 2. The largest absolute Gasteiger partial charge is 0.467 e. The fourth-order valence-electron chi connectivity index (χ4n) is 1.57. The number of ether oxygens (including phenoxy) is 3. The molecule has 0 aliphatic carbocycles. The molecule has 0 saturated carbocycles. The molecule has 0 atom stereocenters. The summed E-state index contributed by atoms with van der Waals surface area (Å²) in [6, 6.07) is 3.77. The van der Waals surface area contributed by atoms with Crippen molar-refractivity contribution in [2.45, 2.75) is 13.8 Å². The first-order chi connectivity index (χ1) is 8.19. The van der Waals surface area contributed by atoms with Crippen LogP contribution in [0, 0.1) is 13.8 Å². The van der Waals surface area contributed by atoms with Crippen LogP contribution in [0.5, 0.6) is 5.75 Å². The van der Waals surface area contributed by atoms with Crippen molar-refractivity contribution in [2.24, 2.45) is 0 Å². The number of methoxy groups -OCH3 is 1. The summed E-state index contributed by atoms with van der Waals surface area (Å²) in [5.41, 5.74) is 2.53. The van der Waals surface area contributed by atoms with Gasteiger partial charge in [-0.25, -0.2) is 0 Å². The molecule has 0 aromatic heterocycles. The van der Waals surface area contributed by atoms with Crippen molar-refractivity contribution in [2.75, 3.05) is 27.1 Å². The van der Waals surface area contributed by atoms with Gasteiger partial charge in [-0.1, -0.05) is 6.07 Å². The van der Waals surface area contributed by atoms with Crippen molar-refractivity contribution < 1.29 is 19.0 Å². The van der Waals surface area contributed by atoms with E-state index in [9.17, 15) is 4.79 Å². The summed E-state index contributed by atoms with van der Waals surface area (Å²) in [7, 11) is 1.61. The van der Waals surface area contributed by atoms with Gasteiger partial charge in [-0.05, 0) is 31.0 Å². The third kappa shape index (κ3) is 4.17. The molecular weight excluding hydrogens is 220 g/mol. The van der Waals surface area contributed by atoms with E-state index in [1.165, 1.54) is 0 Å². The van der Waals surface area contributed by atoms with Crippen molar-refractivity contribution >= 4 is 6.29 Å². The summed E-state index contributed by atoms with van der Waals surface area (Å²) in [5.74, 6) is 0.586. The predicted molar refractivity (Wildman–Crippen MR) is 64.6 cm³/mol. The van der Waals surface area contributed by atoms with Crippen LogP contribution < -0.4 is 4.74 Å². The lowest BCUT2D eigenvalue weighted by molar-refractivity contribution is -0.00896. The normalized spacial score (nSPS) is 10.3. The highest BCUT2D eigenvalue weighted by atomic mass is 16.7. The van der Waals surface area contributed by atoms with Gasteiger partial charge >= 0.3 is 0 Å². The molecule has 0 spiro atoms. The second kappa shape index (κ2) is 7.04. The second-order valence-corrected chi connectivity index (χ2v) is 3.78. The second-order valence-electron chi connectivity index (χ2n) is 3.78. The predicted octanol–water partition coefficient (Wildman–Crippen LogP) is 2.12. The van der Waals surface area contributed by atoms with Gasteiger partial charge < -0.3 is 14.2 Å². The summed E-state index contributed by atoms with van der Waals surface area (Å²) in [5, 5.41) is 0. The molecule has 94 valence electrons. The van der Waals surface area contributed by atoms with E-state index >= 15 is 0 Å². The smallest absolute Gasteiger partial charge is 0.189 e. The van der Waals surface area contributed by atoms with Gasteiger partial charge in [-0.2, -0.15) is 0 Å². The van der Waals surface area contributed by atoms with Gasteiger partial charge in [0.1, 0.15) is 5.75 Å². The fraction of sp³-hybridized carbons (Fsp3) is 0.462. The maximum absolute atomic E-state index is 10.9. The zero-order chi connectivity index (χ0) is 12.7. The molecule has 0 amide bonds. The third-order valence-electron chi connectivity index (χ3n) is 2.29. The van der Waals surface area contributed by atoms with Crippen LogP contribution in [-0.4, -0.2) is 33.4 Å². The molecule has 4 heteroatoms. The van der Waals surface area contributed by atoms with Crippen molar-refractivity contribution in [3.63, 3.8) is 0 Å². The standard InChI is InChI=1S/C13H18O4/c1-10-6-11(2)13(12(7-10)8-14)17-9-16-5-4-15-3/h6-8H,4-5,9H2,1-3H3. The van der Waals surface area contributed by atoms with E-state index in [-0.39, 0.29) is 6.79 Å². The first kappa shape index (κ1) is 13.7. The summed E-state index contributed by atoms with van der Waals surface area (Å²) >= 11 is 0. The monoisotopic (exact) mass is 238 g/mol. The van der Waals surface area contributed by atoms with Crippen LogP contribution in [0.3, 0.4) is 0 Å². The van der Waals surface area contributed by atoms with Crippen molar-refractivity contribution in [1.82, 2.24) is 0 Å². The van der Waals surface area contributed by atoms with Crippen LogP contribution in [0.15, 0.2) is 12.1 Å². The highest BCUT2D eigenvalue weighted by Crippen LogP contribution is 2.23. The number of hydrogen-bond donors (Lipinski definition) is 0. The molecule has 1 rings (SSSR count). The Bertz CT molecular complexity index is 374. The number of carbonyl (C=O) groups is 1. The molecule has 1 aromatic carbocycles. The average Bonchev–Trinajstić information content (AvgIpc) is 2.30. The number of rotatable bonds is 7. The summed E-state index contributed by atoms with van der Waals surface area (Å²) in [4.78, 5) is 10.9. The van der Waals surface area contributed by atoms with Crippen molar-refractivity contribution in [3.05, 3.63) is 28.8 Å². The topological polar surface area (TPSA) is 44.8 Å². The van der Waals surface area contributed by atoms with E-state index in [4.69, 9.17) is 14.2 Å². The Morgan fingerprint density at radius 2 is 2.00 bits per heavy atom. The molecule has 0 radical (unpaired) electrons. The lowest BCUT2D eigenvalue weighted by atomic mass is 10.1. The van der Waals surface area contributed by atoms with Gasteiger partial charge in [-0.3, -0.25) is 4.79 Å². The van der Waals surface area contributed by atoms with Crippen LogP contribution in [0.1, 0.15) is 21.5 Å². The van der Waals surface area contributed by atoms with Crippen LogP contribution in [0.4, 0.5) is 0 Å². The zero-order valence-electron chi connectivity index (χ0n) is 10.5. The van der Waals surface area contributed by atoms with Gasteiger partial charge in [0.25, 0.3) is 0 Å². The Morgan fingerprint density at radius 3 is 2.65 bits per heavy atom.